The van der Waals surface area contributed by atoms with E-state index in [9.17, 15) is 4.79 Å². The van der Waals surface area contributed by atoms with Crippen LogP contribution in [0.25, 0.3) is 10.7 Å². The predicted octanol–water partition coefficient (Wildman–Crippen LogP) is 3.47. The van der Waals surface area contributed by atoms with E-state index < -0.39 is 0 Å². The van der Waals surface area contributed by atoms with Crippen LogP contribution in [0.5, 0.6) is 0 Å². The van der Waals surface area contributed by atoms with Gasteiger partial charge >= 0.3 is 0 Å². The topological polar surface area (TPSA) is 59.2 Å². The van der Waals surface area contributed by atoms with Crippen molar-refractivity contribution in [3.05, 3.63) is 36.1 Å². The average Bonchev–Trinajstić information content (AvgIpc) is 3.23. The number of piperidine rings is 1. The molecule has 0 aromatic carbocycles. The maximum atomic E-state index is 12.0. The van der Waals surface area contributed by atoms with Gasteiger partial charge in [-0.05, 0) is 30.7 Å². The van der Waals surface area contributed by atoms with Crippen LogP contribution in [0.15, 0.2) is 34.7 Å². The summed E-state index contributed by atoms with van der Waals surface area (Å²) in [6, 6.07) is 3.96. The van der Waals surface area contributed by atoms with Gasteiger partial charge in [-0.1, -0.05) is 17.3 Å². The molecule has 0 bridgehead atoms. The number of rotatable bonds is 5. The molecule has 2 aromatic rings. The number of hydrogen-bond acceptors (Lipinski definition) is 5. The zero-order valence-corrected chi connectivity index (χ0v) is 13.2. The lowest BCUT2D eigenvalue weighted by molar-refractivity contribution is -0.132. The van der Waals surface area contributed by atoms with Crippen molar-refractivity contribution < 1.29 is 9.32 Å². The van der Waals surface area contributed by atoms with Crippen molar-refractivity contribution in [1.29, 1.82) is 0 Å². The molecule has 0 atom stereocenters. The van der Waals surface area contributed by atoms with E-state index in [1.807, 2.05) is 22.4 Å². The van der Waals surface area contributed by atoms with Gasteiger partial charge in [0.15, 0.2) is 0 Å². The fourth-order valence-corrected chi connectivity index (χ4v) is 3.32. The first-order valence-electron chi connectivity index (χ1n) is 7.54. The highest BCUT2D eigenvalue weighted by Crippen LogP contribution is 2.29. The largest absolute Gasteiger partial charge is 0.343 e. The molecule has 116 valence electrons. The second-order valence-electron chi connectivity index (χ2n) is 5.42. The quantitative estimate of drug-likeness (QED) is 0.792. The van der Waals surface area contributed by atoms with Crippen LogP contribution in [0.3, 0.4) is 0 Å². The molecule has 1 aliphatic heterocycles. The molecule has 0 unspecified atom stereocenters. The van der Waals surface area contributed by atoms with Gasteiger partial charge in [0, 0.05) is 25.4 Å². The molecule has 1 saturated heterocycles. The molecule has 6 heteroatoms. The van der Waals surface area contributed by atoms with E-state index in [1.54, 1.807) is 17.4 Å². The molecular weight excluding hydrogens is 298 g/mol. The number of nitrogens with zero attached hydrogens (tertiary/aromatic N) is 3. The molecule has 3 rings (SSSR count). The van der Waals surface area contributed by atoms with E-state index in [1.165, 1.54) is 0 Å². The summed E-state index contributed by atoms with van der Waals surface area (Å²) in [6.07, 6.45) is 4.84. The normalized spacial score (nSPS) is 15.9. The van der Waals surface area contributed by atoms with Crippen molar-refractivity contribution in [2.24, 2.45) is 0 Å². The van der Waals surface area contributed by atoms with E-state index in [4.69, 9.17) is 4.52 Å². The summed E-state index contributed by atoms with van der Waals surface area (Å²) in [7, 11) is 0. The SMILES string of the molecule is C=CCCC(=O)N1CCC(c2nc(-c3cccs3)no2)CC1. The van der Waals surface area contributed by atoms with Gasteiger partial charge < -0.3 is 9.42 Å². The fraction of sp³-hybridized carbons (Fsp3) is 0.438. The zero-order valence-electron chi connectivity index (χ0n) is 12.4. The third-order valence-corrected chi connectivity index (χ3v) is 4.81. The number of amides is 1. The molecule has 0 N–H and O–H groups in total. The van der Waals surface area contributed by atoms with Crippen molar-refractivity contribution >= 4 is 17.2 Å². The molecule has 0 spiro atoms. The summed E-state index contributed by atoms with van der Waals surface area (Å²) in [5.41, 5.74) is 0. The van der Waals surface area contributed by atoms with Crippen LogP contribution >= 0.6 is 11.3 Å². The molecule has 0 saturated carbocycles. The maximum Gasteiger partial charge on any atom is 0.230 e. The first-order chi connectivity index (χ1) is 10.8. The van der Waals surface area contributed by atoms with Crippen LogP contribution in [0.1, 0.15) is 37.5 Å². The Kier molecular flexibility index (Phi) is 4.68. The second-order valence-corrected chi connectivity index (χ2v) is 6.36. The lowest BCUT2D eigenvalue weighted by Gasteiger charge is -2.30. The first-order valence-corrected chi connectivity index (χ1v) is 8.42. The van der Waals surface area contributed by atoms with Crippen molar-refractivity contribution in [2.45, 2.75) is 31.6 Å². The van der Waals surface area contributed by atoms with Crippen LogP contribution in [-0.4, -0.2) is 34.0 Å². The smallest absolute Gasteiger partial charge is 0.230 e. The van der Waals surface area contributed by atoms with Crippen molar-refractivity contribution in [3.63, 3.8) is 0 Å². The molecular formula is C16H19N3O2S. The Morgan fingerprint density at radius 2 is 2.32 bits per heavy atom. The maximum absolute atomic E-state index is 12.0. The summed E-state index contributed by atoms with van der Waals surface area (Å²) in [5, 5.41) is 6.06. The highest BCUT2D eigenvalue weighted by atomic mass is 32.1. The number of likely N-dealkylation sites (tertiary alicyclic amines) is 1. The van der Waals surface area contributed by atoms with Gasteiger partial charge in [0.2, 0.25) is 17.6 Å². The lowest BCUT2D eigenvalue weighted by Crippen LogP contribution is -2.37. The molecule has 3 heterocycles. The standard InChI is InChI=1S/C16H19N3O2S/c1-2-3-6-14(20)19-9-7-12(8-10-19)16-17-15(18-21-16)13-5-4-11-22-13/h2,4-5,11-12H,1,3,6-10H2. The van der Waals surface area contributed by atoms with Gasteiger partial charge in [0.05, 0.1) is 4.88 Å². The Hall–Kier alpha value is -1.95. The minimum Gasteiger partial charge on any atom is -0.343 e. The minimum atomic E-state index is 0.211. The third-order valence-electron chi connectivity index (χ3n) is 3.94. The lowest BCUT2D eigenvalue weighted by atomic mass is 9.96. The number of aromatic nitrogens is 2. The Bertz CT molecular complexity index is 628. The molecule has 1 fully saturated rings. The summed E-state index contributed by atoms with van der Waals surface area (Å²) >= 11 is 1.60. The molecule has 2 aromatic heterocycles. The first kappa shape index (κ1) is 15.0. The van der Waals surface area contributed by atoms with E-state index in [2.05, 4.69) is 16.7 Å². The number of allylic oxidation sites excluding steroid dienone is 1. The predicted molar refractivity (Wildman–Crippen MR) is 85.6 cm³/mol. The van der Waals surface area contributed by atoms with Gasteiger partial charge in [-0.25, -0.2) is 0 Å². The van der Waals surface area contributed by atoms with Gasteiger partial charge in [0.1, 0.15) is 0 Å². The monoisotopic (exact) mass is 317 g/mol. The third kappa shape index (κ3) is 3.27. The van der Waals surface area contributed by atoms with E-state index in [-0.39, 0.29) is 11.8 Å². The number of carbonyl (C=O) groups is 1. The van der Waals surface area contributed by atoms with E-state index >= 15 is 0 Å². The molecule has 0 radical (unpaired) electrons. The van der Waals surface area contributed by atoms with Crippen LogP contribution in [0, 0.1) is 0 Å². The summed E-state index contributed by atoms with van der Waals surface area (Å²) in [6.45, 7) is 5.18. The van der Waals surface area contributed by atoms with Crippen LogP contribution in [0.2, 0.25) is 0 Å². The average molecular weight is 317 g/mol. The minimum absolute atomic E-state index is 0.211. The van der Waals surface area contributed by atoms with Gasteiger partial charge in [0.25, 0.3) is 0 Å². The molecule has 1 amide bonds. The van der Waals surface area contributed by atoms with Crippen LogP contribution < -0.4 is 0 Å². The fourth-order valence-electron chi connectivity index (χ4n) is 2.67. The summed E-state index contributed by atoms with van der Waals surface area (Å²) in [5.74, 6) is 1.82. The Morgan fingerprint density at radius 3 is 3.00 bits per heavy atom. The van der Waals surface area contributed by atoms with Gasteiger partial charge in [-0.3, -0.25) is 4.79 Å². The number of hydrogen-bond donors (Lipinski definition) is 0. The van der Waals surface area contributed by atoms with Crippen LogP contribution in [0.4, 0.5) is 0 Å². The summed E-state index contributed by atoms with van der Waals surface area (Å²) in [4.78, 5) is 19.4. The Balaban J connectivity index is 1.57. The highest BCUT2D eigenvalue weighted by Gasteiger charge is 2.27. The molecule has 5 nitrogen and oxygen atoms in total. The molecule has 1 aliphatic rings. The van der Waals surface area contributed by atoms with Crippen molar-refractivity contribution in [3.8, 4) is 10.7 Å². The van der Waals surface area contributed by atoms with Crippen molar-refractivity contribution in [2.75, 3.05) is 13.1 Å². The van der Waals surface area contributed by atoms with Gasteiger partial charge in [-0.15, -0.1) is 17.9 Å². The highest BCUT2D eigenvalue weighted by molar-refractivity contribution is 7.13. The summed E-state index contributed by atoms with van der Waals surface area (Å²) < 4.78 is 5.42. The number of carbonyl (C=O) groups excluding carboxylic acids is 1. The zero-order chi connectivity index (χ0) is 15.4. The Morgan fingerprint density at radius 1 is 1.50 bits per heavy atom. The van der Waals surface area contributed by atoms with Crippen molar-refractivity contribution in [1.82, 2.24) is 15.0 Å². The molecule has 22 heavy (non-hydrogen) atoms. The number of thiophene rings is 1. The van der Waals surface area contributed by atoms with E-state index in [0.717, 1.165) is 37.2 Å². The second kappa shape index (κ2) is 6.87. The Labute approximate surface area is 133 Å². The van der Waals surface area contributed by atoms with Crippen LogP contribution in [-0.2, 0) is 4.79 Å². The molecule has 0 aliphatic carbocycles. The van der Waals surface area contributed by atoms with Gasteiger partial charge in [-0.2, -0.15) is 4.98 Å². The van der Waals surface area contributed by atoms with E-state index in [0.29, 0.717) is 18.1 Å².